The first kappa shape index (κ1) is 18.9. The van der Waals surface area contributed by atoms with E-state index in [9.17, 15) is 9.59 Å². The maximum atomic E-state index is 11.9. The first-order valence-corrected chi connectivity index (χ1v) is 8.09. The Kier molecular flexibility index (Phi) is 7.12. The number of hydrogen-bond donors (Lipinski definition) is 2. The van der Waals surface area contributed by atoms with Crippen LogP contribution in [0.1, 0.15) is 21.5 Å². The molecule has 2 N–H and O–H groups in total. The summed E-state index contributed by atoms with van der Waals surface area (Å²) in [5.74, 6) is -0.100. The van der Waals surface area contributed by atoms with E-state index in [1.54, 1.807) is 24.3 Å². The number of aryl methyl sites for hydroxylation is 1. The molecule has 0 saturated heterocycles. The molecule has 2 aromatic rings. The molecule has 0 aliphatic carbocycles. The second-order valence-electron chi connectivity index (χ2n) is 5.48. The zero-order valence-electron chi connectivity index (χ0n) is 14.6. The van der Waals surface area contributed by atoms with E-state index in [0.29, 0.717) is 17.9 Å². The van der Waals surface area contributed by atoms with Crippen molar-refractivity contribution in [1.82, 2.24) is 10.7 Å². The lowest BCUT2D eigenvalue weighted by Crippen LogP contribution is -2.34. The number of carbonyl (C=O) groups is 2. The highest BCUT2D eigenvalue weighted by molar-refractivity contribution is 5.96. The van der Waals surface area contributed by atoms with Crippen molar-refractivity contribution in [2.75, 3.05) is 13.2 Å². The van der Waals surface area contributed by atoms with E-state index in [-0.39, 0.29) is 12.5 Å². The van der Waals surface area contributed by atoms with Crippen LogP contribution in [0.15, 0.2) is 66.3 Å². The van der Waals surface area contributed by atoms with E-state index in [1.165, 1.54) is 6.21 Å². The molecule has 2 rings (SSSR count). The average Bonchev–Trinajstić information content (AvgIpc) is 2.66. The Morgan fingerprint density at radius 3 is 2.62 bits per heavy atom. The van der Waals surface area contributed by atoms with Gasteiger partial charge in [-0.3, -0.25) is 9.59 Å². The molecule has 0 saturated carbocycles. The number of ether oxygens (including phenoxy) is 1. The number of rotatable bonds is 8. The van der Waals surface area contributed by atoms with Crippen LogP contribution < -0.4 is 15.5 Å². The van der Waals surface area contributed by atoms with Crippen molar-refractivity contribution in [2.45, 2.75) is 6.92 Å². The summed E-state index contributed by atoms with van der Waals surface area (Å²) >= 11 is 0. The molecule has 6 nitrogen and oxygen atoms in total. The van der Waals surface area contributed by atoms with E-state index < -0.39 is 5.91 Å². The second kappa shape index (κ2) is 9.78. The Hall–Kier alpha value is -3.41. The number of nitrogens with zero attached hydrogens (tertiary/aromatic N) is 1. The molecule has 2 aromatic carbocycles. The average molecular weight is 351 g/mol. The largest absolute Gasteiger partial charge is 0.489 e. The fourth-order valence-electron chi connectivity index (χ4n) is 2.05. The van der Waals surface area contributed by atoms with Gasteiger partial charge in [0, 0.05) is 11.1 Å². The molecular weight excluding hydrogens is 330 g/mol. The second-order valence-corrected chi connectivity index (χ2v) is 5.48. The predicted octanol–water partition coefficient (Wildman–Crippen LogP) is 2.44. The van der Waals surface area contributed by atoms with Crippen LogP contribution >= 0.6 is 0 Å². The van der Waals surface area contributed by atoms with Gasteiger partial charge in [0.1, 0.15) is 12.4 Å². The molecule has 134 valence electrons. The van der Waals surface area contributed by atoms with Crippen LogP contribution in [0.25, 0.3) is 0 Å². The predicted molar refractivity (Wildman–Crippen MR) is 101 cm³/mol. The van der Waals surface area contributed by atoms with Crippen molar-refractivity contribution in [3.63, 3.8) is 0 Å². The third-order valence-corrected chi connectivity index (χ3v) is 3.39. The summed E-state index contributed by atoms with van der Waals surface area (Å²) in [6.45, 7) is 5.75. The van der Waals surface area contributed by atoms with Gasteiger partial charge < -0.3 is 10.1 Å². The zero-order valence-corrected chi connectivity index (χ0v) is 14.6. The monoisotopic (exact) mass is 351 g/mol. The van der Waals surface area contributed by atoms with Crippen molar-refractivity contribution >= 4 is 18.0 Å². The molecule has 0 fully saturated rings. The van der Waals surface area contributed by atoms with Crippen LogP contribution in [-0.2, 0) is 4.79 Å². The Bertz CT molecular complexity index is 798. The zero-order chi connectivity index (χ0) is 18.8. The van der Waals surface area contributed by atoms with Gasteiger partial charge in [0.15, 0.2) is 0 Å². The maximum absolute atomic E-state index is 11.9. The van der Waals surface area contributed by atoms with E-state index in [1.807, 2.05) is 37.3 Å². The highest BCUT2D eigenvalue weighted by atomic mass is 16.5. The quantitative estimate of drug-likeness (QED) is 0.435. The number of para-hydroxylation sites is 1. The van der Waals surface area contributed by atoms with E-state index in [0.717, 1.165) is 11.1 Å². The smallest absolute Gasteiger partial charge is 0.259 e. The summed E-state index contributed by atoms with van der Waals surface area (Å²) in [6, 6.07) is 14.4. The maximum Gasteiger partial charge on any atom is 0.259 e. The van der Waals surface area contributed by atoms with Crippen LogP contribution in [0.3, 0.4) is 0 Å². The molecule has 6 heteroatoms. The van der Waals surface area contributed by atoms with Crippen LogP contribution in [0.2, 0.25) is 0 Å². The molecule has 0 aromatic heterocycles. The molecule has 0 aliphatic heterocycles. The van der Waals surface area contributed by atoms with Gasteiger partial charge in [-0.2, -0.15) is 5.10 Å². The summed E-state index contributed by atoms with van der Waals surface area (Å²) in [4.78, 5) is 23.7. The SMILES string of the molecule is C=CCOc1ccccc1/C=N\NC(=O)CNC(=O)c1ccc(C)cc1. The van der Waals surface area contributed by atoms with Gasteiger partial charge in [-0.1, -0.05) is 42.5 Å². The number of hydrazone groups is 1. The summed E-state index contributed by atoms with van der Waals surface area (Å²) < 4.78 is 5.50. The van der Waals surface area contributed by atoms with Crippen molar-refractivity contribution < 1.29 is 14.3 Å². The van der Waals surface area contributed by atoms with E-state index >= 15 is 0 Å². The minimum atomic E-state index is -0.425. The number of benzene rings is 2. The molecule has 2 amide bonds. The molecule has 0 unspecified atom stereocenters. The summed E-state index contributed by atoms with van der Waals surface area (Å²) in [7, 11) is 0. The fourth-order valence-corrected chi connectivity index (χ4v) is 2.05. The van der Waals surface area contributed by atoms with Crippen molar-refractivity contribution in [2.24, 2.45) is 5.10 Å². The number of carbonyl (C=O) groups excluding carboxylic acids is 2. The van der Waals surface area contributed by atoms with Gasteiger partial charge in [0.25, 0.3) is 11.8 Å². The topological polar surface area (TPSA) is 79.8 Å². The normalized spacial score (nSPS) is 10.3. The van der Waals surface area contributed by atoms with Gasteiger partial charge in [0.2, 0.25) is 0 Å². The minimum absolute atomic E-state index is 0.168. The van der Waals surface area contributed by atoms with Gasteiger partial charge in [-0.15, -0.1) is 0 Å². The van der Waals surface area contributed by atoms with Gasteiger partial charge >= 0.3 is 0 Å². The van der Waals surface area contributed by atoms with Gasteiger partial charge in [-0.05, 0) is 31.2 Å². The fraction of sp³-hybridized carbons (Fsp3) is 0.150. The van der Waals surface area contributed by atoms with Crippen LogP contribution in [-0.4, -0.2) is 31.2 Å². The lowest BCUT2D eigenvalue weighted by molar-refractivity contribution is -0.120. The van der Waals surface area contributed by atoms with Crippen LogP contribution in [0, 0.1) is 6.92 Å². The van der Waals surface area contributed by atoms with Crippen molar-refractivity contribution in [1.29, 1.82) is 0 Å². The molecule has 0 radical (unpaired) electrons. The highest BCUT2D eigenvalue weighted by Gasteiger charge is 2.07. The molecule has 0 aliphatic rings. The molecule has 26 heavy (non-hydrogen) atoms. The summed E-state index contributed by atoms with van der Waals surface area (Å²) in [5, 5.41) is 6.44. The van der Waals surface area contributed by atoms with Gasteiger partial charge in [0.05, 0.1) is 12.8 Å². The highest BCUT2D eigenvalue weighted by Crippen LogP contribution is 2.15. The molecular formula is C20H21N3O3. The summed E-state index contributed by atoms with van der Waals surface area (Å²) in [6.07, 6.45) is 3.13. The minimum Gasteiger partial charge on any atom is -0.489 e. The van der Waals surface area contributed by atoms with Crippen LogP contribution in [0.4, 0.5) is 0 Å². The molecule has 0 atom stereocenters. The first-order chi connectivity index (χ1) is 12.6. The van der Waals surface area contributed by atoms with E-state index in [2.05, 4.69) is 22.4 Å². The third kappa shape index (κ3) is 5.90. The van der Waals surface area contributed by atoms with Crippen molar-refractivity contribution in [3.05, 3.63) is 77.9 Å². The standard InChI is InChI=1S/C20H21N3O3/c1-3-12-26-18-7-5-4-6-17(18)13-22-23-19(24)14-21-20(25)16-10-8-15(2)9-11-16/h3-11,13H,1,12,14H2,2H3,(H,21,25)(H,23,24)/b22-13-. The Labute approximate surface area is 152 Å². The first-order valence-electron chi connectivity index (χ1n) is 8.09. The molecule has 0 bridgehead atoms. The Morgan fingerprint density at radius 2 is 1.88 bits per heavy atom. The van der Waals surface area contributed by atoms with Gasteiger partial charge in [-0.25, -0.2) is 5.43 Å². The Balaban J connectivity index is 1.83. The number of nitrogens with one attached hydrogen (secondary N) is 2. The molecule has 0 heterocycles. The molecule has 0 spiro atoms. The third-order valence-electron chi connectivity index (χ3n) is 3.39. The van der Waals surface area contributed by atoms with E-state index in [4.69, 9.17) is 4.74 Å². The van der Waals surface area contributed by atoms with Crippen molar-refractivity contribution in [3.8, 4) is 5.75 Å². The Morgan fingerprint density at radius 1 is 1.15 bits per heavy atom. The lowest BCUT2D eigenvalue weighted by Gasteiger charge is -2.06. The lowest BCUT2D eigenvalue weighted by atomic mass is 10.1. The summed E-state index contributed by atoms with van der Waals surface area (Å²) in [5.41, 5.74) is 4.65. The number of hydrogen-bond acceptors (Lipinski definition) is 4. The number of amides is 2. The van der Waals surface area contributed by atoms with Crippen LogP contribution in [0.5, 0.6) is 5.75 Å².